The molecule has 0 amide bonds. The maximum absolute atomic E-state index is 11.6. The smallest absolute Gasteiger partial charge is 0.394 e. The third-order valence-electron chi connectivity index (χ3n) is 11.7. The van der Waals surface area contributed by atoms with Gasteiger partial charge < -0.3 is 42.4 Å². The van der Waals surface area contributed by atoms with Crippen LogP contribution >= 0.6 is 162 Å². The third-order valence-corrected chi connectivity index (χ3v) is 15.4. The first-order chi connectivity index (χ1) is 40.8. The summed E-state index contributed by atoms with van der Waals surface area (Å²) >= 11 is 32.8. The number of furan rings is 3. The van der Waals surface area contributed by atoms with Crippen molar-refractivity contribution in [3.63, 3.8) is 0 Å². The van der Waals surface area contributed by atoms with Crippen LogP contribution in [-0.4, -0.2) is 89.5 Å². The van der Waals surface area contributed by atoms with E-state index < -0.39 is 28.4 Å². The molecular weight excluding hydrogens is 1850 g/mol. The number of aliphatic hydroxyl groups excluding tert-OH is 1. The standard InChI is InChI=1S/C12H13BrO4.C12H11BrO3.C11H10Br2O.C11H11BrO2.C8H7BrO3.C4H7BrO.Br3P.H2O4S/c1-7(14)8(2)17-11-5-4-9(13)6-10(11)12(15)16-3;1-6-7(2)16-11-9(6)4-8(13)5-10(11)12(14)15-3;1-6-7(2)14-11-8(5-12)3-9(13)4-10(6)11;1-6-7(2)14-11-8(5-13)3-9(12)4-10(6)11;1-12-8(11)6-4-5(9)2-3-7(6)10;1-3(5)4(2)6;1-4(2)3;1-5(2,3)4/h4-6,8H,1-3H3;4-5H,1-3H3;3-4H,5H2,1-2H3;3-4,13H,5H2,1-2H3;2-4,10H,1H3;3H,1-2H3;;(H2,1,2,3,4). The van der Waals surface area contributed by atoms with Gasteiger partial charge in [0.1, 0.15) is 72.0 Å². The minimum Gasteiger partial charge on any atom is -0.507 e. The van der Waals surface area contributed by atoms with Crippen molar-refractivity contribution in [1.29, 1.82) is 0 Å². The summed E-state index contributed by atoms with van der Waals surface area (Å²) < 4.78 is 71.9. The van der Waals surface area contributed by atoms with Crippen LogP contribution in [0.25, 0.3) is 32.9 Å². The van der Waals surface area contributed by atoms with Gasteiger partial charge in [0.05, 0.1) is 32.8 Å². The Balaban J connectivity index is 0.000000521. The van der Waals surface area contributed by atoms with Crippen molar-refractivity contribution < 1.29 is 83.9 Å². The molecule has 0 aliphatic rings. The number of methoxy groups -OCH3 is 3. The number of aromatic hydroxyl groups is 1. The molecule has 5 aromatic carbocycles. The number of carbonyl (C=O) groups excluding carboxylic acids is 5. The number of esters is 3. The molecule has 0 saturated carbocycles. The molecule has 18 nitrogen and oxygen atoms in total. The van der Waals surface area contributed by atoms with E-state index >= 15 is 0 Å². The average Bonchev–Trinajstić information content (AvgIpc) is 2.41. The summed E-state index contributed by atoms with van der Waals surface area (Å²) in [6.45, 7) is 18.3. The summed E-state index contributed by atoms with van der Waals surface area (Å²) in [4.78, 5) is 55.3. The van der Waals surface area contributed by atoms with E-state index in [9.17, 15) is 34.2 Å². The molecule has 88 heavy (non-hydrogen) atoms. The number of aryl methyl sites for hydroxylation is 6. The maximum Gasteiger partial charge on any atom is 0.394 e. The normalized spacial score (nSPS) is 11.1. The Morgan fingerprint density at radius 1 is 0.545 bits per heavy atom. The molecular formula is C58H61Br10O18PS. The van der Waals surface area contributed by atoms with Crippen LogP contribution in [0.2, 0.25) is 0 Å². The summed E-state index contributed by atoms with van der Waals surface area (Å²) in [5.74, 6) is 1.61. The van der Waals surface area contributed by atoms with Crippen molar-refractivity contribution in [3.05, 3.63) is 157 Å². The minimum atomic E-state index is -4.67. The van der Waals surface area contributed by atoms with Crippen molar-refractivity contribution in [2.45, 2.75) is 92.1 Å². The van der Waals surface area contributed by atoms with Crippen LogP contribution in [0.5, 0.6) is 11.5 Å². The Morgan fingerprint density at radius 2 is 0.875 bits per heavy atom. The first-order valence-electron chi connectivity index (χ1n) is 24.8. The molecule has 3 aromatic heterocycles. The Labute approximate surface area is 594 Å². The van der Waals surface area contributed by atoms with E-state index in [1.165, 1.54) is 56.9 Å². The number of rotatable bonds is 9. The Hall–Kier alpha value is -2.87. The van der Waals surface area contributed by atoms with E-state index in [0.29, 0.717) is 16.9 Å². The molecule has 482 valence electrons. The Bertz CT molecular complexity index is 3700. The van der Waals surface area contributed by atoms with Gasteiger partial charge in [0.2, 0.25) is 0 Å². The third kappa shape index (κ3) is 28.2. The fourth-order valence-electron chi connectivity index (χ4n) is 6.75. The number of ketones is 2. The lowest BCUT2D eigenvalue weighted by Gasteiger charge is -2.14. The van der Waals surface area contributed by atoms with Crippen LogP contribution in [-0.2, 0) is 46.1 Å². The molecule has 8 rings (SSSR count). The van der Waals surface area contributed by atoms with E-state index in [1.54, 1.807) is 44.2 Å². The second-order valence-corrected chi connectivity index (χ2v) is 40.6. The fourth-order valence-corrected chi connectivity index (χ4v) is 9.35. The summed E-state index contributed by atoms with van der Waals surface area (Å²) in [6.07, 6.45) is -0.598. The molecule has 4 N–H and O–H groups in total. The van der Waals surface area contributed by atoms with Gasteiger partial charge in [-0.15, -0.1) is 0 Å². The largest absolute Gasteiger partial charge is 0.507 e. The van der Waals surface area contributed by atoms with Gasteiger partial charge in [0.15, 0.2) is 11.9 Å². The van der Waals surface area contributed by atoms with Gasteiger partial charge in [-0.2, -0.15) is 8.42 Å². The van der Waals surface area contributed by atoms with Crippen molar-refractivity contribution in [2.24, 2.45) is 0 Å². The molecule has 0 aliphatic heterocycles. The second kappa shape index (κ2) is 40.3. The van der Waals surface area contributed by atoms with Gasteiger partial charge in [0, 0.05) is 55.0 Å². The van der Waals surface area contributed by atoms with Gasteiger partial charge in [-0.1, -0.05) is 112 Å². The number of phenolic OH excluding ortho intramolecular Hbond substituents is 1. The summed E-state index contributed by atoms with van der Waals surface area (Å²) in [7, 11) is -0.748. The topological polar surface area (TPSA) is 277 Å². The lowest BCUT2D eigenvalue weighted by molar-refractivity contribution is -0.123. The SMILES string of the molecule is BrP(Br)Br.CC(=O)C(C)Br.COC(=O)c1cc(Br)cc2c(C)c(C)oc12.COC(=O)c1cc(Br)ccc1O.COC(=O)c1cc(Br)ccc1OC(C)C(C)=O.Cc1oc2c(CBr)cc(Br)cc2c1C.Cc1oc2c(CO)cc(Br)cc2c1C.O=S(=O)(O)O. The van der Waals surface area contributed by atoms with Crippen molar-refractivity contribution in [1.82, 2.24) is 0 Å². The molecule has 0 aliphatic carbocycles. The van der Waals surface area contributed by atoms with E-state index in [1.807, 2.05) is 59.7 Å². The zero-order valence-corrected chi connectivity index (χ0v) is 66.7. The van der Waals surface area contributed by atoms with E-state index in [2.05, 4.69) is 187 Å². The molecule has 0 spiro atoms. The number of aliphatic hydroxyl groups is 1. The zero-order valence-electron chi connectivity index (χ0n) is 49.1. The van der Waals surface area contributed by atoms with Gasteiger partial charge in [0.25, 0.3) is 0 Å². The van der Waals surface area contributed by atoms with Gasteiger partial charge in [-0.3, -0.25) is 18.7 Å². The van der Waals surface area contributed by atoms with E-state index in [-0.39, 0.29) is 49.9 Å². The second-order valence-electron chi connectivity index (χ2n) is 17.9. The van der Waals surface area contributed by atoms with Crippen LogP contribution in [0.15, 0.2) is 108 Å². The Kier molecular flexibility index (Phi) is 38.1. The van der Waals surface area contributed by atoms with Crippen LogP contribution in [0, 0.1) is 41.5 Å². The molecule has 8 aromatic rings. The highest BCUT2D eigenvalue weighted by Gasteiger charge is 2.20. The van der Waals surface area contributed by atoms with Crippen LogP contribution < -0.4 is 4.74 Å². The number of halogens is 10. The Morgan fingerprint density at radius 3 is 1.26 bits per heavy atom. The quantitative estimate of drug-likeness (QED) is 0.0344. The van der Waals surface area contributed by atoms with Crippen LogP contribution in [0.4, 0.5) is 0 Å². The van der Waals surface area contributed by atoms with E-state index in [4.69, 9.17) is 40.2 Å². The number of benzene rings is 5. The number of fused-ring (bicyclic) bond motifs is 3. The number of hydrogen-bond acceptors (Lipinski definition) is 16. The molecule has 2 unspecified atom stereocenters. The fraction of sp³-hybridized carbons (Fsp3) is 0.293. The highest BCUT2D eigenvalue weighted by molar-refractivity contribution is 9.93. The predicted octanol–water partition coefficient (Wildman–Crippen LogP) is 20.2. The number of Topliss-reactive ketones (excluding diaryl/α,β-unsaturated/α-hetero) is 2. The van der Waals surface area contributed by atoms with Gasteiger partial charge in [-0.25, -0.2) is 14.4 Å². The van der Waals surface area contributed by atoms with Crippen LogP contribution in [0.3, 0.4) is 0 Å². The monoisotopic (exact) mass is 1900 g/mol. The lowest BCUT2D eigenvalue weighted by atomic mass is 10.1. The molecule has 0 radical (unpaired) electrons. The highest BCUT2D eigenvalue weighted by Crippen LogP contribution is 2.59. The predicted molar refractivity (Wildman–Crippen MR) is 380 cm³/mol. The number of carbonyl (C=O) groups is 5. The van der Waals surface area contributed by atoms with Gasteiger partial charge in [-0.05, 0) is 205 Å². The zero-order chi connectivity index (χ0) is 67.8. The molecule has 2 atom stereocenters. The minimum absolute atomic E-state index is 0.00231. The first kappa shape index (κ1) is 83.1. The molecule has 3 heterocycles. The van der Waals surface area contributed by atoms with E-state index in [0.717, 1.165) is 83.6 Å². The van der Waals surface area contributed by atoms with Crippen molar-refractivity contribution in [2.75, 3.05) is 21.3 Å². The first-order valence-corrected chi connectivity index (χ1v) is 39.6. The highest BCUT2D eigenvalue weighted by atomic mass is 80.0. The number of ether oxygens (including phenoxy) is 4. The summed E-state index contributed by atoms with van der Waals surface area (Å²) in [5.41, 5.74) is 8.69. The number of alkyl halides is 2. The molecule has 0 saturated heterocycles. The average molecular weight is 1910 g/mol. The van der Waals surface area contributed by atoms with Gasteiger partial charge >= 0.3 is 28.3 Å². The molecule has 30 heteroatoms. The molecule has 0 bridgehead atoms. The van der Waals surface area contributed by atoms with Crippen LogP contribution in [0.1, 0.15) is 104 Å². The molecule has 0 fully saturated rings. The summed E-state index contributed by atoms with van der Waals surface area (Å²) in [6, 6.07) is 21.2. The van der Waals surface area contributed by atoms with Crippen molar-refractivity contribution in [3.8, 4) is 11.5 Å². The number of phenols is 1. The number of hydrogen-bond donors (Lipinski definition) is 4. The maximum atomic E-state index is 11.6. The summed E-state index contributed by atoms with van der Waals surface area (Å²) in [5, 5.41) is 22.4. The van der Waals surface area contributed by atoms with Crippen molar-refractivity contribution >= 4 is 235 Å². The lowest BCUT2D eigenvalue weighted by Crippen LogP contribution is -2.22.